The van der Waals surface area contributed by atoms with E-state index in [1.54, 1.807) is 20.8 Å². The fraction of sp³-hybridized carbons (Fsp3) is 0.394. The molecular weight excluding hydrogens is 532 g/mol. The molecule has 0 radical (unpaired) electrons. The van der Waals surface area contributed by atoms with Gasteiger partial charge in [0.1, 0.15) is 17.7 Å². The van der Waals surface area contributed by atoms with E-state index in [4.69, 9.17) is 10.5 Å². The van der Waals surface area contributed by atoms with Gasteiger partial charge < -0.3 is 26.0 Å². The molecule has 2 atom stereocenters. The quantitative estimate of drug-likeness (QED) is 0.259. The smallest absolute Gasteiger partial charge is 0.408 e. The Labute approximate surface area is 247 Å². The van der Waals surface area contributed by atoms with E-state index in [9.17, 15) is 19.2 Å². The highest BCUT2D eigenvalue weighted by Gasteiger charge is 2.36. The van der Waals surface area contributed by atoms with Gasteiger partial charge in [0.15, 0.2) is 0 Å². The molecule has 224 valence electrons. The van der Waals surface area contributed by atoms with Crippen molar-refractivity contribution in [2.45, 2.75) is 78.0 Å². The molecule has 0 bridgehead atoms. The minimum Gasteiger partial charge on any atom is -0.444 e. The van der Waals surface area contributed by atoms with Crippen molar-refractivity contribution in [3.8, 4) is 0 Å². The molecule has 0 saturated carbocycles. The molecule has 3 rings (SSSR count). The van der Waals surface area contributed by atoms with Gasteiger partial charge >= 0.3 is 6.09 Å². The second kappa shape index (κ2) is 14.5. The number of fused-ring (bicyclic) bond motifs is 1. The van der Waals surface area contributed by atoms with E-state index in [-0.39, 0.29) is 19.4 Å². The molecule has 0 aromatic heterocycles. The van der Waals surface area contributed by atoms with Gasteiger partial charge in [-0.3, -0.25) is 14.4 Å². The fourth-order valence-electron chi connectivity index (χ4n) is 4.71. The minimum atomic E-state index is -1.14. The Bertz CT molecular complexity index is 1410. The molecule has 0 saturated heterocycles. The summed E-state index contributed by atoms with van der Waals surface area (Å²) in [7, 11) is 0. The summed E-state index contributed by atoms with van der Waals surface area (Å²) in [5, 5.41) is 7.64. The molecule has 3 aromatic carbocycles. The second-order valence-corrected chi connectivity index (χ2v) is 11.4. The Balaban J connectivity index is 2.03. The zero-order chi connectivity index (χ0) is 30.9. The number of hydrogen-bond acceptors (Lipinski definition) is 5. The molecular formula is C33H42N4O5. The van der Waals surface area contributed by atoms with Gasteiger partial charge in [-0.15, -0.1) is 0 Å². The SMILES string of the molecule is CCCCN(C(=O)C(CCC(N)=O)NC(=O)OC(C)(C)C)C(C(=O)Nc1ccc2ccccc2c1)c1ccccc1C. The highest BCUT2D eigenvalue weighted by molar-refractivity contribution is 6.00. The number of nitrogens with one attached hydrogen (secondary N) is 2. The van der Waals surface area contributed by atoms with Crippen LogP contribution in [0.1, 0.15) is 70.5 Å². The molecule has 9 nitrogen and oxygen atoms in total. The highest BCUT2D eigenvalue weighted by Crippen LogP contribution is 2.29. The summed E-state index contributed by atoms with van der Waals surface area (Å²) < 4.78 is 5.40. The number of ether oxygens (including phenoxy) is 1. The number of rotatable bonds is 12. The van der Waals surface area contributed by atoms with Gasteiger partial charge in [0.05, 0.1) is 0 Å². The first-order valence-electron chi connectivity index (χ1n) is 14.3. The van der Waals surface area contributed by atoms with Gasteiger partial charge in [-0.05, 0) is 74.6 Å². The first kappa shape index (κ1) is 32.1. The lowest BCUT2D eigenvalue weighted by molar-refractivity contribution is -0.141. The molecule has 0 spiro atoms. The van der Waals surface area contributed by atoms with Gasteiger partial charge in [0.25, 0.3) is 5.91 Å². The molecule has 9 heteroatoms. The number of benzene rings is 3. The van der Waals surface area contributed by atoms with Crippen molar-refractivity contribution < 1.29 is 23.9 Å². The van der Waals surface area contributed by atoms with Crippen LogP contribution in [0.4, 0.5) is 10.5 Å². The van der Waals surface area contributed by atoms with Crippen LogP contribution >= 0.6 is 0 Å². The van der Waals surface area contributed by atoms with E-state index in [2.05, 4.69) is 10.6 Å². The van der Waals surface area contributed by atoms with Crippen LogP contribution in [-0.2, 0) is 19.1 Å². The average molecular weight is 575 g/mol. The van der Waals surface area contributed by atoms with Crippen LogP contribution in [0.5, 0.6) is 0 Å². The Hall–Kier alpha value is -4.40. The summed E-state index contributed by atoms with van der Waals surface area (Å²) in [4.78, 5) is 54.3. The maximum absolute atomic E-state index is 14.2. The molecule has 4 amide bonds. The minimum absolute atomic E-state index is 0.0389. The van der Waals surface area contributed by atoms with Crippen LogP contribution in [0.15, 0.2) is 66.7 Å². The van der Waals surface area contributed by atoms with Gasteiger partial charge in [-0.1, -0.05) is 67.9 Å². The predicted molar refractivity (Wildman–Crippen MR) is 165 cm³/mol. The number of unbranched alkanes of at least 4 members (excludes halogenated alkanes) is 1. The van der Waals surface area contributed by atoms with E-state index in [1.807, 2.05) is 80.6 Å². The number of amides is 4. The summed E-state index contributed by atoms with van der Waals surface area (Å²) >= 11 is 0. The van der Waals surface area contributed by atoms with Gasteiger partial charge in [0, 0.05) is 18.7 Å². The molecule has 0 aliphatic rings. The van der Waals surface area contributed by atoms with Crippen LogP contribution in [-0.4, -0.2) is 46.9 Å². The average Bonchev–Trinajstić information content (AvgIpc) is 2.92. The van der Waals surface area contributed by atoms with Crippen molar-refractivity contribution in [3.63, 3.8) is 0 Å². The number of alkyl carbamates (subject to hydrolysis) is 1. The van der Waals surface area contributed by atoms with Crippen LogP contribution in [0.3, 0.4) is 0 Å². The maximum Gasteiger partial charge on any atom is 0.408 e. The van der Waals surface area contributed by atoms with E-state index in [0.717, 1.165) is 22.8 Å². The zero-order valence-corrected chi connectivity index (χ0v) is 25.1. The zero-order valence-electron chi connectivity index (χ0n) is 25.1. The Morgan fingerprint density at radius 2 is 1.62 bits per heavy atom. The third-order valence-corrected chi connectivity index (χ3v) is 6.76. The fourth-order valence-corrected chi connectivity index (χ4v) is 4.71. The number of nitrogens with two attached hydrogens (primary N) is 1. The van der Waals surface area contributed by atoms with Crippen molar-refractivity contribution >= 4 is 40.3 Å². The lowest BCUT2D eigenvalue weighted by Crippen LogP contribution is -2.53. The summed E-state index contributed by atoms with van der Waals surface area (Å²) in [6, 6.07) is 18.7. The summed E-state index contributed by atoms with van der Waals surface area (Å²) in [6.45, 7) is 9.27. The Kier molecular flexibility index (Phi) is 11.1. The third-order valence-electron chi connectivity index (χ3n) is 6.76. The Morgan fingerprint density at radius 1 is 0.952 bits per heavy atom. The number of nitrogens with zero attached hydrogens (tertiary/aromatic N) is 1. The van der Waals surface area contributed by atoms with E-state index >= 15 is 0 Å². The van der Waals surface area contributed by atoms with Crippen LogP contribution in [0.25, 0.3) is 10.8 Å². The number of carbonyl (C=O) groups excluding carboxylic acids is 4. The molecule has 0 fully saturated rings. The standard InChI is InChI=1S/C33H42N4O5/c1-6-7-20-37(31(40)27(18-19-28(34)38)36-32(41)42-33(3,4)5)29(26-15-11-8-12-22(26)2)30(39)35-25-17-16-23-13-9-10-14-24(23)21-25/h8-17,21,27,29H,6-7,18-20H2,1-5H3,(H2,34,38)(H,35,39)(H,36,41). The summed E-state index contributed by atoms with van der Waals surface area (Å²) in [5.41, 5.74) is 6.69. The topological polar surface area (TPSA) is 131 Å². The van der Waals surface area contributed by atoms with Crippen molar-refractivity contribution in [1.82, 2.24) is 10.2 Å². The van der Waals surface area contributed by atoms with Crippen molar-refractivity contribution in [3.05, 3.63) is 77.9 Å². The number of hydrogen-bond donors (Lipinski definition) is 3. The van der Waals surface area contributed by atoms with Gasteiger partial charge in [0.2, 0.25) is 11.8 Å². The lowest BCUT2D eigenvalue weighted by Gasteiger charge is -2.35. The molecule has 2 unspecified atom stereocenters. The van der Waals surface area contributed by atoms with Crippen LogP contribution in [0, 0.1) is 6.92 Å². The normalized spacial score (nSPS) is 12.7. The summed E-state index contributed by atoms with van der Waals surface area (Å²) in [6.07, 6.45) is 0.414. The Morgan fingerprint density at radius 3 is 2.26 bits per heavy atom. The molecule has 0 aliphatic heterocycles. The van der Waals surface area contributed by atoms with E-state index < -0.39 is 41.5 Å². The predicted octanol–water partition coefficient (Wildman–Crippen LogP) is 5.62. The van der Waals surface area contributed by atoms with E-state index in [1.165, 1.54) is 4.90 Å². The van der Waals surface area contributed by atoms with Crippen molar-refractivity contribution in [1.29, 1.82) is 0 Å². The second-order valence-electron chi connectivity index (χ2n) is 11.4. The van der Waals surface area contributed by atoms with E-state index in [0.29, 0.717) is 17.7 Å². The number of anilines is 1. The lowest BCUT2D eigenvalue weighted by atomic mass is 9.97. The first-order valence-corrected chi connectivity index (χ1v) is 14.3. The highest BCUT2D eigenvalue weighted by atomic mass is 16.6. The molecule has 0 heterocycles. The monoisotopic (exact) mass is 574 g/mol. The number of carbonyl (C=O) groups is 4. The van der Waals surface area contributed by atoms with Crippen LogP contribution < -0.4 is 16.4 Å². The largest absolute Gasteiger partial charge is 0.444 e. The first-order chi connectivity index (χ1) is 19.9. The third kappa shape index (κ3) is 9.06. The van der Waals surface area contributed by atoms with Crippen molar-refractivity contribution in [2.24, 2.45) is 5.73 Å². The maximum atomic E-state index is 14.2. The van der Waals surface area contributed by atoms with Crippen LogP contribution in [0.2, 0.25) is 0 Å². The van der Waals surface area contributed by atoms with Gasteiger partial charge in [-0.2, -0.15) is 0 Å². The summed E-state index contributed by atoms with van der Waals surface area (Å²) in [5.74, 6) is -1.50. The number of primary amides is 1. The van der Waals surface area contributed by atoms with Crippen molar-refractivity contribution in [2.75, 3.05) is 11.9 Å². The molecule has 3 aromatic rings. The molecule has 0 aliphatic carbocycles. The molecule has 4 N–H and O–H groups in total. The van der Waals surface area contributed by atoms with Gasteiger partial charge in [-0.25, -0.2) is 4.79 Å². The number of aryl methyl sites for hydroxylation is 1. The molecule has 42 heavy (non-hydrogen) atoms.